The van der Waals surface area contributed by atoms with E-state index in [1.165, 1.54) is 11.8 Å². The molecule has 82 valence electrons. The zero-order valence-electron chi connectivity index (χ0n) is 8.50. The predicted octanol–water partition coefficient (Wildman–Crippen LogP) is 2.56. The second kappa shape index (κ2) is 6.45. The van der Waals surface area contributed by atoms with Gasteiger partial charge in [-0.25, -0.2) is 0 Å². The summed E-state index contributed by atoms with van der Waals surface area (Å²) in [6.45, 7) is 4.02. The van der Waals surface area contributed by atoms with E-state index in [4.69, 9.17) is 5.41 Å². The van der Waals surface area contributed by atoms with Crippen molar-refractivity contribution in [1.29, 1.82) is 5.41 Å². The molecule has 0 atom stereocenters. The van der Waals surface area contributed by atoms with Crippen molar-refractivity contribution in [3.05, 3.63) is 0 Å². The number of carbonyl (C=O) groups excluding carboxylic acids is 1. The van der Waals surface area contributed by atoms with Crippen molar-refractivity contribution in [2.45, 2.75) is 38.4 Å². The van der Waals surface area contributed by atoms with Gasteiger partial charge in [-0.05, 0) is 12.8 Å². The molecule has 0 aromatic heterocycles. The quantitative estimate of drug-likeness (QED) is 0.603. The maximum atomic E-state index is 11.4. The lowest BCUT2D eigenvalue weighted by Gasteiger charge is -2.24. The summed E-state index contributed by atoms with van der Waals surface area (Å²) >= 11 is 1.39. The van der Waals surface area contributed by atoms with Gasteiger partial charge in [0.1, 0.15) is 0 Å². The Morgan fingerprint density at radius 3 is 2.43 bits per heavy atom. The zero-order valence-corrected chi connectivity index (χ0v) is 11.0. The van der Waals surface area contributed by atoms with Crippen LogP contribution in [0.15, 0.2) is 0 Å². The van der Waals surface area contributed by atoms with E-state index < -0.39 is 0 Å². The van der Waals surface area contributed by atoms with Gasteiger partial charge in [0.15, 0.2) is 5.17 Å². The Bertz CT molecular complexity index is 217. The first-order valence-electron chi connectivity index (χ1n) is 4.65. The largest absolute Gasteiger partial charge is 0.305 e. The maximum Gasteiger partial charge on any atom is 0.229 e. The highest BCUT2D eigenvalue weighted by Gasteiger charge is 2.25. The molecule has 0 aliphatic heterocycles. The summed E-state index contributed by atoms with van der Waals surface area (Å²) in [5.41, 5.74) is 0. The van der Waals surface area contributed by atoms with Gasteiger partial charge in [-0.15, -0.1) is 17.0 Å². The Morgan fingerprint density at radius 1 is 1.50 bits per heavy atom. The SMILES string of the molecule is Br.CC(C)SC(=N)NC(=O)C1CCC1. The van der Waals surface area contributed by atoms with E-state index in [-0.39, 0.29) is 34.0 Å². The minimum atomic E-state index is 0. The van der Waals surface area contributed by atoms with Crippen molar-refractivity contribution in [3.8, 4) is 0 Å². The Balaban J connectivity index is 0.00000169. The number of amides is 1. The van der Waals surface area contributed by atoms with E-state index in [9.17, 15) is 4.79 Å². The second-order valence-electron chi connectivity index (χ2n) is 3.61. The molecule has 5 heteroatoms. The van der Waals surface area contributed by atoms with E-state index in [2.05, 4.69) is 5.32 Å². The summed E-state index contributed by atoms with van der Waals surface area (Å²) in [7, 11) is 0. The minimum absolute atomic E-state index is 0. The highest BCUT2D eigenvalue weighted by Crippen LogP contribution is 2.26. The summed E-state index contributed by atoms with van der Waals surface area (Å²) in [5.74, 6) is 0.206. The fourth-order valence-electron chi connectivity index (χ4n) is 1.15. The molecule has 0 heterocycles. The summed E-state index contributed by atoms with van der Waals surface area (Å²) in [6.07, 6.45) is 3.14. The Kier molecular flexibility index (Phi) is 6.44. The Morgan fingerprint density at radius 2 is 2.07 bits per heavy atom. The highest BCUT2D eigenvalue weighted by molar-refractivity contribution is 8.93. The van der Waals surface area contributed by atoms with Crippen LogP contribution in [0.1, 0.15) is 33.1 Å². The molecule has 1 amide bonds. The summed E-state index contributed by atoms with van der Waals surface area (Å²) in [5, 5.41) is 10.7. The number of hydrogen-bond acceptors (Lipinski definition) is 3. The lowest BCUT2D eigenvalue weighted by molar-refractivity contribution is -0.125. The second-order valence-corrected chi connectivity index (χ2v) is 5.20. The van der Waals surface area contributed by atoms with Gasteiger partial charge in [0.25, 0.3) is 0 Å². The van der Waals surface area contributed by atoms with Gasteiger partial charge in [0, 0.05) is 11.2 Å². The molecule has 0 radical (unpaired) electrons. The first-order valence-corrected chi connectivity index (χ1v) is 5.53. The Hall–Kier alpha value is -0.0300. The van der Waals surface area contributed by atoms with Crippen molar-refractivity contribution in [1.82, 2.24) is 5.32 Å². The Labute approximate surface area is 99.7 Å². The van der Waals surface area contributed by atoms with Crippen molar-refractivity contribution in [2.24, 2.45) is 5.92 Å². The molecule has 0 aromatic rings. The molecule has 0 unspecified atom stereocenters. The van der Waals surface area contributed by atoms with Gasteiger partial charge in [-0.2, -0.15) is 0 Å². The average Bonchev–Trinajstić information content (AvgIpc) is 1.78. The van der Waals surface area contributed by atoms with E-state index in [1.54, 1.807) is 0 Å². The number of amidine groups is 1. The fraction of sp³-hybridized carbons (Fsp3) is 0.778. The third kappa shape index (κ3) is 4.46. The van der Waals surface area contributed by atoms with E-state index in [0.29, 0.717) is 5.25 Å². The molecule has 0 spiro atoms. The molecule has 1 rings (SSSR count). The van der Waals surface area contributed by atoms with Gasteiger partial charge in [0.05, 0.1) is 0 Å². The molecule has 3 nitrogen and oxygen atoms in total. The van der Waals surface area contributed by atoms with Crippen LogP contribution in [0.2, 0.25) is 0 Å². The first kappa shape index (κ1) is 14.0. The van der Waals surface area contributed by atoms with Crippen molar-refractivity contribution in [3.63, 3.8) is 0 Å². The molecular weight excluding hydrogens is 264 g/mol. The average molecular weight is 281 g/mol. The first-order chi connectivity index (χ1) is 6.09. The molecule has 1 aliphatic rings. The van der Waals surface area contributed by atoms with Crippen LogP contribution in [0.5, 0.6) is 0 Å². The fourth-order valence-corrected chi connectivity index (χ4v) is 1.78. The minimum Gasteiger partial charge on any atom is -0.305 e. The molecule has 1 fully saturated rings. The standard InChI is InChI=1S/C9H16N2OS.BrH/c1-6(2)13-9(10)11-8(12)7-4-3-5-7;/h6-7H,3-5H2,1-2H3,(H2,10,11,12);1H. The molecule has 0 aromatic carbocycles. The van der Waals surface area contributed by atoms with Crippen LogP contribution in [0, 0.1) is 11.3 Å². The molecule has 0 bridgehead atoms. The number of carbonyl (C=O) groups is 1. The highest BCUT2D eigenvalue weighted by atomic mass is 79.9. The van der Waals surface area contributed by atoms with Gasteiger partial charge >= 0.3 is 0 Å². The van der Waals surface area contributed by atoms with Crippen molar-refractivity contribution >= 4 is 39.8 Å². The smallest absolute Gasteiger partial charge is 0.229 e. The number of thioether (sulfide) groups is 1. The third-order valence-electron chi connectivity index (χ3n) is 2.07. The molecule has 14 heavy (non-hydrogen) atoms. The van der Waals surface area contributed by atoms with Crippen LogP contribution < -0.4 is 5.32 Å². The lowest BCUT2D eigenvalue weighted by atomic mass is 9.85. The number of rotatable bonds is 2. The monoisotopic (exact) mass is 280 g/mol. The lowest BCUT2D eigenvalue weighted by Crippen LogP contribution is -2.37. The molecule has 0 saturated heterocycles. The number of nitrogens with one attached hydrogen (secondary N) is 2. The van der Waals surface area contributed by atoms with Crippen LogP contribution in [0.4, 0.5) is 0 Å². The summed E-state index contributed by atoms with van der Waals surface area (Å²) in [6, 6.07) is 0. The molecule has 2 N–H and O–H groups in total. The van der Waals surface area contributed by atoms with Crippen LogP contribution in [0.3, 0.4) is 0 Å². The van der Waals surface area contributed by atoms with Crippen molar-refractivity contribution in [2.75, 3.05) is 0 Å². The van der Waals surface area contributed by atoms with Crippen LogP contribution >= 0.6 is 28.7 Å². The van der Waals surface area contributed by atoms with Crippen LogP contribution in [0.25, 0.3) is 0 Å². The van der Waals surface area contributed by atoms with Crippen LogP contribution in [-0.4, -0.2) is 16.3 Å². The molecular formula is C9H17BrN2OS. The van der Waals surface area contributed by atoms with Gasteiger partial charge in [-0.3, -0.25) is 10.2 Å². The number of halogens is 1. The predicted molar refractivity (Wildman–Crippen MR) is 66.3 cm³/mol. The maximum absolute atomic E-state index is 11.4. The van der Waals surface area contributed by atoms with E-state index in [0.717, 1.165) is 19.3 Å². The van der Waals surface area contributed by atoms with Gasteiger partial charge in [0.2, 0.25) is 5.91 Å². The number of hydrogen-bond donors (Lipinski definition) is 2. The molecule has 1 saturated carbocycles. The zero-order chi connectivity index (χ0) is 9.84. The molecule has 1 aliphatic carbocycles. The summed E-state index contributed by atoms with van der Waals surface area (Å²) < 4.78 is 0. The van der Waals surface area contributed by atoms with Crippen LogP contribution in [-0.2, 0) is 4.79 Å². The topological polar surface area (TPSA) is 53.0 Å². The third-order valence-corrected chi connectivity index (χ3v) is 2.88. The van der Waals surface area contributed by atoms with Gasteiger partial charge < -0.3 is 5.32 Å². The van der Waals surface area contributed by atoms with E-state index >= 15 is 0 Å². The van der Waals surface area contributed by atoms with E-state index in [1.807, 2.05) is 13.8 Å². The van der Waals surface area contributed by atoms with Crippen molar-refractivity contribution < 1.29 is 4.79 Å². The summed E-state index contributed by atoms with van der Waals surface area (Å²) in [4.78, 5) is 11.4. The normalized spacial score (nSPS) is 15.6. The van der Waals surface area contributed by atoms with Gasteiger partial charge in [-0.1, -0.05) is 32.0 Å².